The summed E-state index contributed by atoms with van der Waals surface area (Å²) in [6.07, 6.45) is 1.93. The fourth-order valence-corrected chi connectivity index (χ4v) is 1.66. The molecule has 1 aromatic rings. The summed E-state index contributed by atoms with van der Waals surface area (Å²) in [7, 11) is 0. The van der Waals surface area contributed by atoms with Crippen molar-refractivity contribution in [1.29, 1.82) is 0 Å². The number of aliphatic hydroxyl groups excluding tert-OH is 1. The van der Waals surface area contributed by atoms with Crippen LogP contribution in [0.5, 0.6) is 0 Å². The quantitative estimate of drug-likeness (QED) is 0.581. The summed E-state index contributed by atoms with van der Waals surface area (Å²) in [5.41, 5.74) is -1.64. The van der Waals surface area contributed by atoms with Crippen molar-refractivity contribution < 1.29 is 19.3 Å². The highest BCUT2D eigenvalue weighted by Gasteiger charge is 2.24. The average molecular weight is 262 g/mol. The molecule has 0 saturated carbocycles. The van der Waals surface area contributed by atoms with Crippen LogP contribution in [0.4, 0.5) is 4.39 Å². The SMILES string of the molecule is CC1CCC(n2cc(F)c(=O)[nH]c2=O)O1.OCO. The second-order valence-electron chi connectivity index (χ2n) is 3.76. The molecule has 0 radical (unpaired) electrons. The zero-order valence-electron chi connectivity index (χ0n) is 9.80. The maximum absolute atomic E-state index is 13.0. The molecule has 1 fully saturated rings. The van der Waals surface area contributed by atoms with Gasteiger partial charge in [-0.2, -0.15) is 4.39 Å². The minimum Gasteiger partial charge on any atom is -0.371 e. The van der Waals surface area contributed by atoms with Crippen molar-refractivity contribution >= 4 is 0 Å². The number of aliphatic hydroxyl groups is 2. The van der Waals surface area contributed by atoms with Crippen LogP contribution in [0.2, 0.25) is 0 Å². The Labute approximate surface area is 101 Å². The third-order valence-electron chi connectivity index (χ3n) is 2.44. The van der Waals surface area contributed by atoms with Crippen molar-refractivity contribution in [3.63, 3.8) is 0 Å². The van der Waals surface area contributed by atoms with Crippen molar-refractivity contribution in [3.05, 3.63) is 32.9 Å². The van der Waals surface area contributed by atoms with Crippen LogP contribution in [-0.2, 0) is 4.74 Å². The van der Waals surface area contributed by atoms with E-state index in [4.69, 9.17) is 14.9 Å². The lowest BCUT2D eigenvalue weighted by atomic mass is 10.2. The number of rotatable bonds is 1. The van der Waals surface area contributed by atoms with E-state index < -0.39 is 30.1 Å². The molecule has 2 atom stereocenters. The van der Waals surface area contributed by atoms with E-state index in [9.17, 15) is 14.0 Å². The average Bonchev–Trinajstić information content (AvgIpc) is 2.71. The first kappa shape index (κ1) is 14.6. The van der Waals surface area contributed by atoms with Crippen molar-refractivity contribution in [3.8, 4) is 0 Å². The van der Waals surface area contributed by atoms with Gasteiger partial charge in [-0.25, -0.2) is 4.79 Å². The van der Waals surface area contributed by atoms with E-state index in [1.807, 2.05) is 11.9 Å². The van der Waals surface area contributed by atoms with E-state index in [-0.39, 0.29) is 6.10 Å². The minimum absolute atomic E-state index is 0.0527. The van der Waals surface area contributed by atoms with Gasteiger partial charge in [-0.05, 0) is 19.8 Å². The van der Waals surface area contributed by atoms with Crippen LogP contribution >= 0.6 is 0 Å². The summed E-state index contributed by atoms with van der Waals surface area (Å²) in [5.74, 6) is -0.974. The van der Waals surface area contributed by atoms with Gasteiger partial charge < -0.3 is 14.9 Å². The lowest BCUT2D eigenvalue weighted by Gasteiger charge is -2.13. The molecule has 0 spiro atoms. The van der Waals surface area contributed by atoms with Gasteiger partial charge >= 0.3 is 5.69 Å². The Balaban J connectivity index is 0.000000492. The predicted molar refractivity (Wildman–Crippen MR) is 59.4 cm³/mol. The molecule has 1 aliphatic heterocycles. The fraction of sp³-hybridized carbons (Fsp3) is 0.600. The van der Waals surface area contributed by atoms with E-state index in [1.165, 1.54) is 0 Å². The highest BCUT2D eigenvalue weighted by atomic mass is 19.1. The molecule has 102 valence electrons. The van der Waals surface area contributed by atoms with Crippen LogP contribution in [0.3, 0.4) is 0 Å². The maximum atomic E-state index is 13.0. The molecular weight excluding hydrogens is 247 g/mol. The van der Waals surface area contributed by atoms with Gasteiger partial charge in [-0.3, -0.25) is 14.3 Å². The van der Waals surface area contributed by atoms with Crippen LogP contribution in [0.15, 0.2) is 15.8 Å². The summed E-state index contributed by atoms with van der Waals surface area (Å²) < 4.78 is 19.4. The maximum Gasteiger partial charge on any atom is 0.330 e. The van der Waals surface area contributed by atoms with Crippen LogP contribution in [0.25, 0.3) is 0 Å². The number of halogens is 1. The van der Waals surface area contributed by atoms with Crippen LogP contribution in [0, 0.1) is 5.82 Å². The second-order valence-corrected chi connectivity index (χ2v) is 3.76. The lowest BCUT2D eigenvalue weighted by molar-refractivity contribution is 0.00727. The Bertz CT molecular complexity index is 498. The molecule has 0 aromatic carbocycles. The minimum atomic E-state index is -0.998. The zero-order valence-corrected chi connectivity index (χ0v) is 9.80. The van der Waals surface area contributed by atoms with E-state index in [2.05, 4.69) is 0 Å². The van der Waals surface area contributed by atoms with Gasteiger partial charge in [0, 0.05) is 0 Å². The van der Waals surface area contributed by atoms with Crippen molar-refractivity contribution in [2.75, 3.05) is 6.79 Å². The number of aromatic amines is 1. The number of H-pyrrole nitrogens is 1. The molecule has 3 N–H and O–H groups in total. The number of nitrogens with zero attached hydrogens (tertiary/aromatic N) is 1. The molecule has 18 heavy (non-hydrogen) atoms. The van der Waals surface area contributed by atoms with Crippen molar-refractivity contribution in [1.82, 2.24) is 9.55 Å². The summed E-state index contributed by atoms with van der Waals surface area (Å²) in [5, 5.41) is 14.2. The Hall–Kier alpha value is -1.51. The standard InChI is InChI=1S/C9H11FN2O3.CH4O2/c1-5-2-3-7(15-5)12-4-6(10)8(13)11-9(12)14;2-1-3/h4-5,7H,2-3H2,1H3,(H,11,13,14);2-3H,1H2. The normalized spacial score (nSPS) is 22.4. The van der Waals surface area contributed by atoms with Gasteiger partial charge in [0.15, 0.2) is 0 Å². The predicted octanol–water partition coefficient (Wildman–Crippen LogP) is -0.698. The van der Waals surface area contributed by atoms with Crippen molar-refractivity contribution in [2.45, 2.75) is 32.1 Å². The highest BCUT2D eigenvalue weighted by Crippen LogP contribution is 2.26. The van der Waals surface area contributed by atoms with Crippen molar-refractivity contribution in [2.24, 2.45) is 0 Å². The fourth-order valence-electron chi connectivity index (χ4n) is 1.66. The number of hydrogen-bond donors (Lipinski definition) is 3. The number of ether oxygens (including phenoxy) is 1. The molecule has 2 unspecified atom stereocenters. The lowest BCUT2D eigenvalue weighted by Crippen LogP contribution is -2.33. The number of hydrogen-bond acceptors (Lipinski definition) is 5. The molecular formula is C10H15FN2O5. The summed E-state index contributed by atoms with van der Waals surface area (Å²) >= 11 is 0. The van der Waals surface area contributed by atoms with Crippen LogP contribution in [0.1, 0.15) is 26.0 Å². The smallest absolute Gasteiger partial charge is 0.330 e. The van der Waals surface area contributed by atoms with Gasteiger partial charge in [0.1, 0.15) is 13.0 Å². The third-order valence-corrected chi connectivity index (χ3v) is 2.44. The topological polar surface area (TPSA) is 105 Å². The summed E-state index contributed by atoms with van der Waals surface area (Å²) in [6.45, 7) is 1.13. The number of nitrogens with one attached hydrogen (secondary N) is 1. The molecule has 1 aromatic heterocycles. The Morgan fingerprint density at radius 3 is 2.61 bits per heavy atom. The second kappa shape index (κ2) is 6.43. The molecule has 8 heteroatoms. The first-order chi connectivity index (χ1) is 8.49. The molecule has 1 aliphatic rings. The first-order valence-electron chi connectivity index (χ1n) is 5.37. The molecule has 2 heterocycles. The molecule has 0 aliphatic carbocycles. The molecule has 0 bridgehead atoms. The Morgan fingerprint density at radius 2 is 2.11 bits per heavy atom. The van der Waals surface area contributed by atoms with E-state index in [1.54, 1.807) is 0 Å². The summed E-state index contributed by atoms with van der Waals surface area (Å²) in [4.78, 5) is 24.0. The number of aromatic nitrogens is 2. The van der Waals surface area contributed by atoms with Gasteiger partial charge in [-0.1, -0.05) is 0 Å². The first-order valence-corrected chi connectivity index (χ1v) is 5.37. The summed E-state index contributed by atoms with van der Waals surface area (Å²) in [6, 6.07) is 0. The molecule has 2 rings (SSSR count). The van der Waals surface area contributed by atoms with Crippen LogP contribution < -0.4 is 11.2 Å². The molecule has 1 saturated heterocycles. The zero-order chi connectivity index (χ0) is 13.7. The van der Waals surface area contributed by atoms with E-state index in [0.29, 0.717) is 6.42 Å². The highest BCUT2D eigenvalue weighted by molar-refractivity contribution is 4.89. The van der Waals surface area contributed by atoms with E-state index in [0.717, 1.165) is 17.2 Å². The third kappa shape index (κ3) is 3.49. The Kier molecular flexibility index (Phi) is 5.20. The van der Waals surface area contributed by atoms with Gasteiger partial charge in [-0.15, -0.1) is 0 Å². The molecule has 0 amide bonds. The largest absolute Gasteiger partial charge is 0.371 e. The van der Waals surface area contributed by atoms with E-state index >= 15 is 0 Å². The van der Waals surface area contributed by atoms with Gasteiger partial charge in [0.25, 0.3) is 5.56 Å². The Morgan fingerprint density at radius 1 is 1.50 bits per heavy atom. The monoisotopic (exact) mass is 262 g/mol. The van der Waals surface area contributed by atoms with Gasteiger partial charge in [0.2, 0.25) is 5.82 Å². The molecule has 7 nitrogen and oxygen atoms in total. The van der Waals surface area contributed by atoms with Crippen LogP contribution in [-0.4, -0.2) is 32.7 Å². The van der Waals surface area contributed by atoms with Gasteiger partial charge in [0.05, 0.1) is 12.3 Å².